The third-order valence-electron chi connectivity index (χ3n) is 8.39. The highest BCUT2D eigenvalue weighted by Crippen LogP contribution is 2.37. The molecule has 6 nitrogen and oxygen atoms in total. The molecule has 5 rings (SSSR count). The van der Waals surface area contributed by atoms with Crippen LogP contribution >= 0.6 is 0 Å². The first-order valence-electron chi connectivity index (χ1n) is 14.8. The van der Waals surface area contributed by atoms with Crippen molar-refractivity contribution in [1.29, 1.82) is 0 Å². The van der Waals surface area contributed by atoms with Crippen molar-refractivity contribution < 1.29 is 35.9 Å². The highest BCUT2D eigenvalue weighted by Gasteiger charge is 2.39. The number of piperazine rings is 1. The van der Waals surface area contributed by atoms with Gasteiger partial charge in [0.1, 0.15) is 0 Å². The Morgan fingerprint density at radius 2 is 1.33 bits per heavy atom. The summed E-state index contributed by atoms with van der Waals surface area (Å²) < 4.78 is 80.6. The summed E-state index contributed by atoms with van der Waals surface area (Å²) in [6.45, 7) is 2.68. The Balaban J connectivity index is 1.25. The smallest absolute Gasteiger partial charge is 0.334 e. The molecule has 0 spiro atoms. The van der Waals surface area contributed by atoms with Gasteiger partial charge in [0.05, 0.1) is 23.7 Å². The van der Waals surface area contributed by atoms with Gasteiger partial charge in [0.2, 0.25) is 5.91 Å². The van der Waals surface area contributed by atoms with E-state index in [1.165, 1.54) is 10.5 Å². The summed E-state index contributed by atoms with van der Waals surface area (Å²) in [7, 11) is 0. The van der Waals surface area contributed by atoms with Crippen molar-refractivity contribution in [2.45, 2.75) is 43.8 Å². The van der Waals surface area contributed by atoms with Gasteiger partial charge in [-0.2, -0.15) is 26.3 Å². The summed E-state index contributed by atoms with van der Waals surface area (Å²) in [6.07, 6.45) is -8.39. The quantitative estimate of drug-likeness (QED) is 0.325. The lowest BCUT2D eigenvalue weighted by molar-refractivity contribution is -0.143. The predicted molar refractivity (Wildman–Crippen MR) is 156 cm³/mol. The average molecular weight is 633 g/mol. The molecule has 2 fully saturated rings. The largest absolute Gasteiger partial charge is 0.416 e. The maximum atomic E-state index is 13.5. The third kappa shape index (κ3) is 8.23. The van der Waals surface area contributed by atoms with E-state index in [9.17, 15) is 35.9 Å². The number of piperidine rings is 1. The number of carbonyl (C=O) groups is 2. The number of halogens is 6. The Labute approximate surface area is 257 Å². The first kappa shape index (κ1) is 32.5. The standard InChI is InChI=1S/C33H34F6N4O2/c34-32(35,36)26-17-25(18-27(19-26)33(37,38)39)31(45)42-15-16-43(29(22-42)24-9-5-2-6-10-24)30(44)20-40-28-11-13-41(14-12-28)21-23-7-3-1-4-8-23/h1-10,17-19,28-29,40H,11-16,20-22H2. The normalized spacial score (nSPS) is 18.7. The van der Waals surface area contributed by atoms with Crippen molar-refractivity contribution in [1.82, 2.24) is 20.0 Å². The minimum atomic E-state index is -5.07. The second-order valence-electron chi connectivity index (χ2n) is 11.5. The molecule has 1 unspecified atom stereocenters. The van der Waals surface area contributed by atoms with Gasteiger partial charge in [0.15, 0.2) is 0 Å². The fraction of sp³-hybridized carbons (Fsp3) is 0.394. The minimum Gasteiger partial charge on any atom is -0.334 e. The number of nitrogens with zero attached hydrogens (tertiary/aromatic N) is 3. The third-order valence-corrected chi connectivity index (χ3v) is 8.39. The lowest BCUT2D eigenvalue weighted by atomic mass is 9.99. The summed E-state index contributed by atoms with van der Waals surface area (Å²) in [5, 5.41) is 3.36. The molecule has 2 saturated heterocycles. The zero-order valence-corrected chi connectivity index (χ0v) is 24.5. The van der Waals surface area contributed by atoms with Gasteiger partial charge in [-0.3, -0.25) is 14.5 Å². The van der Waals surface area contributed by atoms with Gasteiger partial charge in [0, 0.05) is 37.8 Å². The van der Waals surface area contributed by atoms with Gasteiger partial charge in [-0.15, -0.1) is 0 Å². The van der Waals surface area contributed by atoms with E-state index in [4.69, 9.17) is 0 Å². The summed E-state index contributed by atoms with van der Waals surface area (Å²) in [4.78, 5) is 32.1. The number of benzene rings is 3. The van der Waals surface area contributed by atoms with Crippen molar-refractivity contribution in [3.63, 3.8) is 0 Å². The van der Waals surface area contributed by atoms with Crippen molar-refractivity contribution in [3.8, 4) is 0 Å². The van der Waals surface area contributed by atoms with Crippen LogP contribution in [-0.4, -0.2) is 71.8 Å². The van der Waals surface area contributed by atoms with Crippen LogP contribution in [0.2, 0.25) is 0 Å². The maximum Gasteiger partial charge on any atom is 0.416 e. The molecule has 2 heterocycles. The molecule has 3 aromatic carbocycles. The molecule has 240 valence electrons. The molecule has 1 N–H and O–H groups in total. The van der Waals surface area contributed by atoms with Gasteiger partial charge in [-0.25, -0.2) is 0 Å². The molecular formula is C33H34F6N4O2. The lowest BCUT2D eigenvalue weighted by Gasteiger charge is -2.42. The Hall–Kier alpha value is -3.90. The predicted octanol–water partition coefficient (Wildman–Crippen LogP) is 6.00. The number of hydrogen-bond donors (Lipinski definition) is 1. The van der Waals surface area contributed by atoms with Crippen LogP contribution in [-0.2, 0) is 23.7 Å². The van der Waals surface area contributed by atoms with Gasteiger partial charge in [0.25, 0.3) is 5.91 Å². The van der Waals surface area contributed by atoms with E-state index in [0.29, 0.717) is 17.7 Å². The number of likely N-dealkylation sites (tertiary alicyclic amines) is 1. The Morgan fingerprint density at radius 1 is 0.756 bits per heavy atom. The molecule has 3 aromatic rings. The molecule has 2 amide bonds. The van der Waals surface area contributed by atoms with Crippen LogP contribution in [0, 0.1) is 0 Å². The Morgan fingerprint density at radius 3 is 1.91 bits per heavy atom. The van der Waals surface area contributed by atoms with Crippen molar-refractivity contribution >= 4 is 11.8 Å². The first-order chi connectivity index (χ1) is 21.4. The SMILES string of the molecule is O=C(c1cc(C(F)(F)F)cc(C(F)(F)F)c1)N1CCN(C(=O)CNC2CCN(Cc3ccccc3)CC2)C(c2ccccc2)C1. The Kier molecular flexibility index (Phi) is 9.83. The molecule has 0 aliphatic carbocycles. The van der Waals surface area contributed by atoms with Gasteiger partial charge < -0.3 is 15.1 Å². The molecule has 0 bridgehead atoms. The number of hydrogen-bond acceptors (Lipinski definition) is 4. The van der Waals surface area contributed by atoms with E-state index in [1.807, 2.05) is 18.2 Å². The van der Waals surface area contributed by atoms with Crippen molar-refractivity contribution in [2.75, 3.05) is 39.3 Å². The topological polar surface area (TPSA) is 55.9 Å². The number of rotatable bonds is 7. The summed E-state index contributed by atoms with van der Waals surface area (Å²) >= 11 is 0. The fourth-order valence-electron chi connectivity index (χ4n) is 5.96. The van der Waals surface area contributed by atoms with Crippen LogP contribution in [0.3, 0.4) is 0 Å². The van der Waals surface area contributed by atoms with Crippen LogP contribution < -0.4 is 5.32 Å². The summed E-state index contributed by atoms with van der Waals surface area (Å²) in [5.41, 5.74) is -1.85. The Bertz CT molecular complexity index is 1430. The van der Waals surface area contributed by atoms with Crippen molar-refractivity contribution in [2.24, 2.45) is 0 Å². The van der Waals surface area contributed by atoms with E-state index in [0.717, 1.165) is 32.5 Å². The average Bonchev–Trinajstić information content (AvgIpc) is 3.03. The molecule has 2 aliphatic heterocycles. The monoisotopic (exact) mass is 632 g/mol. The van der Waals surface area contributed by atoms with Crippen molar-refractivity contribution in [3.05, 3.63) is 107 Å². The molecule has 2 aliphatic rings. The van der Waals surface area contributed by atoms with E-state index >= 15 is 0 Å². The van der Waals surface area contributed by atoms with Gasteiger partial charge in [-0.05, 0) is 55.3 Å². The van der Waals surface area contributed by atoms with Crippen LogP contribution in [0.4, 0.5) is 26.3 Å². The van der Waals surface area contributed by atoms with E-state index in [1.54, 1.807) is 35.2 Å². The fourth-order valence-corrected chi connectivity index (χ4v) is 5.96. The lowest BCUT2D eigenvalue weighted by Crippen LogP contribution is -2.54. The molecular weight excluding hydrogens is 598 g/mol. The zero-order chi connectivity index (χ0) is 32.2. The second-order valence-corrected chi connectivity index (χ2v) is 11.5. The van der Waals surface area contributed by atoms with Crippen LogP contribution in [0.15, 0.2) is 78.9 Å². The van der Waals surface area contributed by atoms with Gasteiger partial charge >= 0.3 is 12.4 Å². The molecule has 0 radical (unpaired) electrons. The van der Waals surface area contributed by atoms with E-state index in [2.05, 4.69) is 22.3 Å². The molecule has 1 atom stereocenters. The number of carbonyl (C=O) groups excluding carboxylic acids is 2. The van der Waals surface area contributed by atoms with Crippen LogP contribution in [0.25, 0.3) is 0 Å². The maximum absolute atomic E-state index is 13.5. The summed E-state index contributed by atoms with van der Waals surface area (Å²) in [6, 6.07) is 19.5. The number of alkyl halides is 6. The minimum absolute atomic E-state index is 0.000285. The first-order valence-corrected chi connectivity index (χ1v) is 14.8. The molecule has 0 saturated carbocycles. The molecule has 0 aromatic heterocycles. The number of nitrogens with one attached hydrogen (secondary N) is 1. The molecule has 12 heteroatoms. The molecule has 45 heavy (non-hydrogen) atoms. The summed E-state index contributed by atoms with van der Waals surface area (Å²) in [5.74, 6) is -1.15. The van der Waals surface area contributed by atoms with Gasteiger partial charge in [-0.1, -0.05) is 60.7 Å². The van der Waals surface area contributed by atoms with Crippen LogP contribution in [0.1, 0.15) is 51.5 Å². The highest BCUT2D eigenvalue weighted by atomic mass is 19.4. The number of amides is 2. The van der Waals surface area contributed by atoms with Crippen LogP contribution in [0.5, 0.6) is 0 Å². The van der Waals surface area contributed by atoms with E-state index in [-0.39, 0.29) is 44.2 Å². The zero-order valence-electron chi connectivity index (χ0n) is 24.5. The highest BCUT2D eigenvalue weighted by molar-refractivity contribution is 5.95. The van der Waals surface area contributed by atoms with E-state index < -0.39 is 41.0 Å². The second kappa shape index (κ2) is 13.6.